The van der Waals surface area contributed by atoms with Crippen molar-refractivity contribution in [2.24, 2.45) is 0 Å². The number of carbonyl (C=O) groups excluding carboxylic acids is 1. The number of ether oxygens (including phenoxy) is 1. The van der Waals surface area contributed by atoms with E-state index in [4.69, 9.17) is 9.31 Å². The Morgan fingerprint density at radius 3 is 2.12 bits per heavy atom. The zero-order valence-corrected chi connectivity index (χ0v) is 14.8. The molecule has 0 radical (unpaired) electrons. The second-order valence-electron chi connectivity index (χ2n) is 6.35. The number of halogens is 1. The largest absolute Gasteiger partial charge is 0.494 e. The highest BCUT2D eigenvalue weighted by Gasteiger charge is 2.52. The van der Waals surface area contributed by atoms with E-state index in [0.717, 1.165) is 13.2 Å². The molecule has 0 aliphatic carbocycles. The van der Waals surface area contributed by atoms with Gasteiger partial charge in [-0.05, 0) is 51.4 Å². The van der Waals surface area contributed by atoms with Crippen LogP contribution in [-0.2, 0) is 24.5 Å². The molecule has 1 aliphatic heterocycles. The Balaban J connectivity index is 2.46. The normalized spacial score (nSPS) is 19.2. The van der Waals surface area contributed by atoms with Gasteiger partial charge in [0.1, 0.15) is 5.75 Å². The van der Waals surface area contributed by atoms with E-state index in [9.17, 15) is 17.1 Å². The van der Waals surface area contributed by atoms with Gasteiger partial charge in [-0.1, -0.05) is 3.89 Å². The maximum absolute atomic E-state index is 12.8. The van der Waals surface area contributed by atoms with Crippen LogP contribution >= 0.6 is 0 Å². The van der Waals surface area contributed by atoms with E-state index in [-0.39, 0.29) is 11.3 Å². The van der Waals surface area contributed by atoms with Gasteiger partial charge in [0.2, 0.25) is 0 Å². The predicted molar refractivity (Wildman–Crippen MR) is 84.2 cm³/mol. The van der Waals surface area contributed by atoms with Crippen LogP contribution in [0.15, 0.2) is 18.2 Å². The minimum Gasteiger partial charge on any atom is -0.465 e. The summed E-state index contributed by atoms with van der Waals surface area (Å²) < 4.78 is 54.8. The molecule has 0 atom stereocenters. The third kappa shape index (κ3) is 3.88. The van der Waals surface area contributed by atoms with Gasteiger partial charge in [-0.2, -0.15) is 8.42 Å². The third-order valence-corrected chi connectivity index (χ3v) is 4.46. The molecule has 0 spiro atoms. The molecule has 1 heterocycles. The van der Waals surface area contributed by atoms with Crippen molar-refractivity contribution in [1.82, 2.24) is 0 Å². The summed E-state index contributed by atoms with van der Waals surface area (Å²) in [5, 5.41) is 0. The molecular formula is C14H18BFO7S. The second-order valence-corrected chi connectivity index (χ2v) is 7.30. The highest BCUT2D eigenvalue weighted by Crippen LogP contribution is 2.36. The topological polar surface area (TPSA) is 88.1 Å². The second kappa shape index (κ2) is 6.01. The van der Waals surface area contributed by atoms with Crippen LogP contribution in [-0.4, -0.2) is 39.8 Å². The molecule has 1 saturated heterocycles. The maximum Gasteiger partial charge on any atom is 0.494 e. The van der Waals surface area contributed by atoms with Crippen LogP contribution in [0.25, 0.3) is 0 Å². The van der Waals surface area contributed by atoms with Crippen LogP contribution in [0.5, 0.6) is 5.75 Å². The molecule has 132 valence electrons. The third-order valence-electron chi connectivity index (χ3n) is 4.07. The summed E-state index contributed by atoms with van der Waals surface area (Å²) >= 11 is 0. The quantitative estimate of drug-likeness (QED) is 0.455. The molecule has 0 saturated carbocycles. The van der Waals surface area contributed by atoms with E-state index in [2.05, 4.69) is 8.92 Å². The van der Waals surface area contributed by atoms with Crippen molar-refractivity contribution < 1.29 is 35.3 Å². The average Bonchev–Trinajstić information content (AvgIpc) is 2.64. The van der Waals surface area contributed by atoms with Gasteiger partial charge in [0.05, 0.1) is 23.9 Å². The van der Waals surface area contributed by atoms with E-state index in [1.165, 1.54) is 12.1 Å². The Labute approximate surface area is 140 Å². The Morgan fingerprint density at radius 1 is 1.12 bits per heavy atom. The van der Waals surface area contributed by atoms with E-state index in [1.807, 2.05) is 27.7 Å². The fourth-order valence-electron chi connectivity index (χ4n) is 2.14. The molecule has 1 aromatic rings. The number of rotatable bonds is 4. The number of benzene rings is 1. The Morgan fingerprint density at radius 2 is 1.67 bits per heavy atom. The molecule has 1 fully saturated rings. The number of carbonyl (C=O) groups is 1. The van der Waals surface area contributed by atoms with E-state index in [0.29, 0.717) is 5.46 Å². The first kappa shape index (κ1) is 18.7. The minimum atomic E-state index is -5.25. The highest BCUT2D eigenvalue weighted by molar-refractivity contribution is 7.81. The van der Waals surface area contributed by atoms with Gasteiger partial charge < -0.3 is 18.2 Å². The van der Waals surface area contributed by atoms with Crippen molar-refractivity contribution in [3.63, 3.8) is 0 Å². The first-order chi connectivity index (χ1) is 10.8. The van der Waals surface area contributed by atoms with Crippen LogP contribution in [0, 0.1) is 0 Å². The lowest BCUT2D eigenvalue weighted by Crippen LogP contribution is -2.41. The summed E-state index contributed by atoms with van der Waals surface area (Å²) in [7, 11) is -4.97. The van der Waals surface area contributed by atoms with Gasteiger partial charge in [0.25, 0.3) is 0 Å². The van der Waals surface area contributed by atoms with Crippen molar-refractivity contribution in [2.45, 2.75) is 38.9 Å². The molecule has 0 unspecified atom stereocenters. The van der Waals surface area contributed by atoms with Crippen LogP contribution < -0.4 is 9.65 Å². The van der Waals surface area contributed by atoms with E-state index >= 15 is 0 Å². The van der Waals surface area contributed by atoms with Crippen molar-refractivity contribution in [3.05, 3.63) is 23.8 Å². The zero-order chi connectivity index (χ0) is 18.3. The Bertz CT molecular complexity index is 744. The summed E-state index contributed by atoms with van der Waals surface area (Å²) in [4.78, 5) is 11.8. The molecule has 0 N–H and O–H groups in total. The van der Waals surface area contributed by atoms with Gasteiger partial charge >= 0.3 is 23.6 Å². The number of hydrogen-bond donors (Lipinski definition) is 0. The number of esters is 1. The number of hydrogen-bond acceptors (Lipinski definition) is 7. The van der Waals surface area contributed by atoms with Crippen LogP contribution in [0.2, 0.25) is 0 Å². The van der Waals surface area contributed by atoms with Crippen LogP contribution in [0.4, 0.5) is 3.89 Å². The van der Waals surface area contributed by atoms with Crippen LogP contribution in [0.1, 0.15) is 38.1 Å². The summed E-state index contributed by atoms with van der Waals surface area (Å²) in [6.45, 7) is 7.34. The first-order valence-electron chi connectivity index (χ1n) is 7.08. The molecule has 1 aromatic carbocycles. The lowest BCUT2D eigenvalue weighted by Gasteiger charge is -2.32. The molecule has 0 amide bonds. The van der Waals surface area contributed by atoms with Gasteiger partial charge in [-0.3, -0.25) is 0 Å². The van der Waals surface area contributed by atoms with Crippen LogP contribution in [0.3, 0.4) is 0 Å². The fraction of sp³-hybridized carbons (Fsp3) is 0.500. The van der Waals surface area contributed by atoms with Gasteiger partial charge in [0, 0.05) is 0 Å². The standard InChI is InChI=1S/C14H18BFO7S/c1-13(2)14(3,4)23-15(22-13)10-6-9(12(17)20-5)7-11(8-10)21-24(16,18)19/h6-8H,1-5H3. The number of methoxy groups -OCH3 is 1. The lowest BCUT2D eigenvalue weighted by molar-refractivity contribution is 0.00578. The van der Waals surface area contributed by atoms with Gasteiger partial charge in [-0.25, -0.2) is 4.79 Å². The van der Waals surface area contributed by atoms with E-state index in [1.54, 1.807) is 0 Å². The molecule has 0 bridgehead atoms. The van der Waals surface area contributed by atoms with E-state index < -0.39 is 34.8 Å². The predicted octanol–water partition coefficient (Wildman–Crippen LogP) is 1.37. The summed E-state index contributed by atoms with van der Waals surface area (Å²) in [5.41, 5.74) is -1.02. The monoisotopic (exact) mass is 360 g/mol. The smallest absolute Gasteiger partial charge is 0.465 e. The summed E-state index contributed by atoms with van der Waals surface area (Å²) in [5.74, 6) is -1.13. The SMILES string of the molecule is COC(=O)c1cc(OS(=O)(=O)F)cc(B2OC(C)(C)C(C)(C)O2)c1. The van der Waals surface area contributed by atoms with Crippen molar-refractivity contribution in [3.8, 4) is 5.75 Å². The zero-order valence-electron chi connectivity index (χ0n) is 14.0. The van der Waals surface area contributed by atoms with Gasteiger partial charge in [0.15, 0.2) is 0 Å². The summed E-state index contributed by atoms with van der Waals surface area (Å²) in [6, 6.07) is 3.69. The minimum absolute atomic E-state index is 0.0247. The Hall–Kier alpha value is -1.65. The van der Waals surface area contributed by atoms with Gasteiger partial charge in [-0.15, -0.1) is 0 Å². The fourth-order valence-corrected chi connectivity index (χ4v) is 2.46. The highest BCUT2D eigenvalue weighted by atomic mass is 32.3. The molecule has 7 nitrogen and oxygen atoms in total. The molecule has 24 heavy (non-hydrogen) atoms. The van der Waals surface area contributed by atoms with Crippen molar-refractivity contribution in [2.75, 3.05) is 7.11 Å². The summed E-state index contributed by atoms with van der Waals surface area (Å²) in [6.07, 6.45) is 0. The molecule has 0 aromatic heterocycles. The maximum atomic E-state index is 12.8. The first-order valence-corrected chi connectivity index (χ1v) is 8.38. The van der Waals surface area contributed by atoms with Crippen molar-refractivity contribution >= 4 is 29.1 Å². The van der Waals surface area contributed by atoms with Crippen molar-refractivity contribution in [1.29, 1.82) is 0 Å². The molecule has 1 aliphatic rings. The lowest BCUT2D eigenvalue weighted by atomic mass is 9.78. The molecular weight excluding hydrogens is 342 g/mol. The molecule has 10 heteroatoms. The Kier molecular flexibility index (Phi) is 4.68. The average molecular weight is 360 g/mol. The molecule has 2 rings (SSSR count).